The van der Waals surface area contributed by atoms with Gasteiger partial charge in [0, 0.05) is 14.2 Å². The molecule has 0 saturated heterocycles. The van der Waals surface area contributed by atoms with E-state index in [1.165, 1.54) is 19.3 Å². The molecule has 0 aromatic heterocycles. The van der Waals surface area contributed by atoms with Gasteiger partial charge in [-0.15, -0.1) is 0 Å². The normalized spacial score (nSPS) is 43.2. The van der Waals surface area contributed by atoms with Crippen molar-refractivity contribution in [1.82, 2.24) is 0 Å². The molecule has 1 N–H and O–H groups in total. The summed E-state index contributed by atoms with van der Waals surface area (Å²) in [5.41, 5.74) is 8.61. The zero-order valence-electron chi connectivity index (χ0n) is 15.1. The molecule has 3 saturated carbocycles. The largest absolute Gasteiger partial charge is 3.00 e. The molecule has 25 heavy (non-hydrogen) atoms. The van der Waals surface area contributed by atoms with E-state index >= 15 is 0 Å². The van der Waals surface area contributed by atoms with Crippen LogP contribution in [0.3, 0.4) is 0 Å². The van der Waals surface area contributed by atoms with Crippen LogP contribution in [0, 0.1) is 35.0 Å². The molecule has 0 aromatic rings. The Morgan fingerprint density at radius 1 is 1.00 bits per heavy atom. The smallest absolute Gasteiger partial charge is 1.00 e. The molecule has 4 aliphatic rings. The summed E-state index contributed by atoms with van der Waals surface area (Å²) in [5, 5.41) is 0. The Labute approximate surface area is 181 Å². The van der Waals surface area contributed by atoms with E-state index in [2.05, 4.69) is 37.4 Å². The van der Waals surface area contributed by atoms with Crippen molar-refractivity contribution in [3.05, 3.63) is 30.0 Å². The quantitative estimate of drug-likeness (QED) is 0.506. The molecular formula is C19H28Cl2NOSiTi. The van der Waals surface area contributed by atoms with Crippen LogP contribution in [0.1, 0.15) is 32.1 Å². The van der Waals surface area contributed by atoms with Crippen LogP contribution < -0.4 is 24.8 Å². The molecule has 0 aromatic carbocycles. The number of nitrogens with one attached hydrogen (secondary N) is 1. The van der Waals surface area contributed by atoms with Crippen LogP contribution in [0.5, 0.6) is 0 Å². The first kappa shape index (κ1) is 23.5. The third-order valence-corrected chi connectivity index (χ3v) is 10.0. The van der Waals surface area contributed by atoms with E-state index in [0.717, 1.165) is 18.8 Å². The van der Waals surface area contributed by atoms with Gasteiger partial charge in [0.25, 0.3) is 0 Å². The minimum absolute atomic E-state index is 0. The zero-order chi connectivity index (χ0) is 15.5. The summed E-state index contributed by atoms with van der Waals surface area (Å²) in [7, 11) is -0.925. The Kier molecular flexibility index (Phi) is 8.13. The molecule has 4 aliphatic carbocycles. The molecular weight excluding hydrogens is 405 g/mol. The maximum atomic E-state index is 12.7. The molecule has 1 amide bonds. The van der Waals surface area contributed by atoms with Crippen LogP contribution in [0.2, 0.25) is 18.6 Å². The average molecular weight is 433 g/mol. The van der Waals surface area contributed by atoms with Crippen molar-refractivity contribution in [2.75, 3.05) is 0 Å². The van der Waals surface area contributed by atoms with Crippen LogP contribution in [0.4, 0.5) is 0 Å². The van der Waals surface area contributed by atoms with Crippen LogP contribution in [-0.2, 0) is 26.5 Å². The summed E-state index contributed by atoms with van der Waals surface area (Å²) < 4.78 is 0. The molecule has 4 rings (SSSR count). The monoisotopic (exact) mass is 432 g/mol. The Morgan fingerprint density at radius 3 is 2.04 bits per heavy atom. The van der Waals surface area contributed by atoms with Crippen molar-refractivity contribution in [3.8, 4) is 0 Å². The fourth-order valence-electron chi connectivity index (χ4n) is 7.01. The van der Waals surface area contributed by atoms with Gasteiger partial charge < -0.3 is 35.3 Å². The average Bonchev–Trinajstić information content (AvgIpc) is 3.18. The van der Waals surface area contributed by atoms with Gasteiger partial charge in [-0.05, 0) is 60.8 Å². The second-order valence-corrected chi connectivity index (χ2v) is 11.8. The van der Waals surface area contributed by atoms with Gasteiger partial charge in [-0.25, -0.2) is 0 Å². The molecule has 1 radical (unpaired) electrons. The van der Waals surface area contributed by atoms with Crippen molar-refractivity contribution in [2.24, 2.45) is 35.0 Å². The van der Waals surface area contributed by atoms with Crippen LogP contribution >= 0.6 is 0 Å². The number of amides is 1. The molecule has 3 fully saturated rings. The molecule has 2 bridgehead atoms. The molecule has 137 valence electrons. The molecule has 0 aliphatic heterocycles. The topological polar surface area (TPSA) is 40.9 Å². The molecule has 6 atom stereocenters. The Balaban J connectivity index is 0.00000104. The van der Waals surface area contributed by atoms with Gasteiger partial charge in [0.05, 0.1) is 5.91 Å². The maximum Gasteiger partial charge on any atom is 3.00 e. The molecule has 0 heterocycles. The molecule has 2 nitrogen and oxygen atoms in total. The standard InChI is InChI=1S/C19H29NOSi.2ClH.Ti/c1-22(2)17-14-7-8-15(11-14)19(17,18(20)21)16-9-12-5-3-4-6-13(12)10-16;;;/h3-6,12-17,22H,7-11H2,1-2H3,(H2,20,21);2*1H;/q;;;+3/p-3. The number of allylic oxidation sites excluding steroid dienone is 4. The second-order valence-electron chi connectivity index (χ2n) is 8.57. The Bertz CT molecular complexity index is 536. The first-order chi connectivity index (χ1) is 10.5. The summed E-state index contributed by atoms with van der Waals surface area (Å²) >= 11 is 0. The fourth-order valence-corrected chi connectivity index (χ4v) is 10.2. The summed E-state index contributed by atoms with van der Waals surface area (Å²) in [4.78, 5) is 12.7. The SMILES string of the molecule is C[SiH](C)C1C2CCC(C2)C1(C([NH-])=O)C1CC2C=CC=CC2C1.[Cl-].[Cl-].[Ti+3]. The van der Waals surface area contributed by atoms with Crippen LogP contribution in [-0.4, -0.2) is 14.7 Å². The summed E-state index contributed by atoms with van der Waals surface area (Å²) in [6.45, 7) is 4.84. The number of halogens is 2. The van der Waals surface area contributed by atoms with Gasteiger partial charge in [0.1, 0.15) is 0 Å². The number of hydrogen-bond donors (Lipinski definition) is 0. The van der Waals surface area contributed by atoms with Crippen molar-refractivity contribution < 1.29 is 51.3 Å². The maximum absolute atomic E-state index is 12.7. The van der Waals surface area contributed by atoms with E-state index in [-0.39, 0.29) is 57.9 Å². The van der Waals surface area contributed by atoms with E-state index in [0.29, 0.717) is 29.2 Å². The van der Waals surface area contributed by atoms with Gasteiger partial charge in [-0.1, -0.05) is 43.8 Å². The first-order valence-corrected chi connectivity index (χ1v) is 12.1. The third-order valence-electron chi connectivity index (χ3n) is 7.49. The van der Waals surface area contributed by atoms with Crippen molar-refractivity contribution in [3.63, 3.8) is 0 Å². The number of carbonyl (C=O) groups excluding carboxylic acids is 1. The van der Waals surface area contributed by atoms with E-state index in [9.17, 15) is 4.79 Å². The van der Waals surface area contributed by atoms with E-state index < -0.39 is 8.80 Å². The van der Waals surface area contributed by atoms with Gasteiger partial charge >= 0.3 is 21.7 Å². The van der Waals surface area contributed by atoms with Crippen molar-refractivity contribution in [2.45, 2.75) is 50.7 Å². The number of rotatable bonds is 3. The summed E-state index contributed by atoms with van der Waals surface area (Å²) in [5.74, 6) is 2.82. The number of fused-ring (bicyclic) bond motifs is 3. The fraction of sp³-hybridized carbons (Fsp3) is 0.737. The van der Waals surface area contributed by atoms with E-state index in [4.69, 9.17) is 5.73 Å². The minimum Gasteiger partial charge on any atom is -1.00 e. The van der Waals surface area contributed by atoms with Crippen molar-refractivity contribution >= 4 is 14.7 Å². The second kappa shape index (κ2) is 8.65. The van der Waals surface area contributed by atoms with Gasteiger partial charge in [-0.3, -0.25) is 0 Å². The zero-order valence-corrected chi connectivity index (χ0v) is 19.3. The van der Waals surface area contributed by atoms with E-state index in [1.54, 1.807) is 0 Å². The summed E-state index contributed by atoms with van der Waals surface area (Å²) in [6, 6.07) is 0. The van der Waals surface area contributed by atoms with Crippen LogP contribution in [0.15, 0.2) is 24.3 Å². The van der Waals surface area contributed by atoms with E-state index in [1.807, 2.05) is 0 Å². The van der Waals surface area contributed by atoms with Gasteiger partial charge in [0.15, 0.2) is 0 Å². The number of carbonyl (C=O) groups is 1. The van der Waals surface area contributed by atoms with Crippen LogP contribution in [0.25, 0.3) is 5.73 Å². The minimum atomic E-state index is -0.925. The Morgan fingerprint density at radius 2 is 1.56 bits per heavy atom. The first-order valence-electron chi connectivity index (χ1n) is 9.16. The summed E-state index contributed by atoms with van der Waals surface area (Å²) in [6.07, 6.45) is 15.1. The van der Waals surface area contributed by atoms with Gasteiger partial charge in [-0.2, -0.15) is 0 Å². The Hall–Kier alpha value is 0.461. The third kappa shape index (κ3) is 3.38. The van der Waals surface area contributed by atoms with Gasteiger partial charge in [0.2, 0.25) is 0 Å². The molecule has 0 spiro atoms. The molecule has 6 heteroatoms. The predicted molar refractivity (Wildman–Crippen MR) is 93.2 cm³/mol. The van der Waals surface area contributed by atoms with Crippen molar-refractivity contribution in [1.29, 1.82) is 0 Å². The number of hydrogen-bond acceptors (Lipinski definition) is 1. The molecule has 6 unspecified atom stereocenters. The predicted octanol–water partition coefficient (Wildman–Crippen LogP) is -1.39.